The van der Waals surface area contributed by atoms with E-state index in [0.29, 0.717) is 23.2 Å². The van der Waals surface area contributed by atoms with Gasteiger partial charge in [0.15, 0.2) is 0 Å². The smallest absolute Gasteiger partial charge is 0.124 e. The first-order valence-electron chi connectivity index (χ1n) is 6.88. The molecular weight excluding hydrogens is 287 g/mol. The number of hydrogen-bond donors (Lipinski definition) is 1. The van der Waals surface area contributed by atoms with Crippen molar-refractivity contribution in [3.63, 3.8) is 0 Å². The predicted octanol–water partition coefficient (Wildman–Crippen LogP) is 4.71. The summed E-state index contributed by atoms with van der Waals surface area (Å²) in [6.45, 7) is 0. The molecule has 0 bridgehead atoms. The quantitative estimate of drug-likeness (QED) is 0.891. The maximum atomic E-state index is 13.1. The first kappa shape index (κ1) is 13.9. The Kier molecular flexibility index (Phi) is 3.81. The summed E-state index contributed by atoms with van der Waals surface area (Å²) < 4.78 is 13.1. The van der Waals surface area contributed by atoms with Gasteiger partial charge in [-0.1, -0.05) is 29.8 Å². The second-order valence-corrected chi connectivity index (χ2v) is 5.74. The normalized spacial score (nSPS) is 20.4. The number of anilines is 1. The van der Waals surface area contributed by atoms with Gasteiger partial charge in [0.05, 0.1) is 11.3 Å². The fraction of sp³-hybridized carbons (Fsp3) is 0.235. The van der Waals surface area contributed by atoms with Crippen LogP contribution in [-0.2, 0) is 0 Å². The number of rotatable bonds is 3. The molecular formula is C17H14ClFN2. The lowest BCUT2D eigenvalue weighted by Crippen LogP contribution is -2.34. The first-order valence-corrected chi connectivity index (χ1v) is 7.26. The summed E-state index contributed by atoms with van der Waals surface area (Å²) in [4.78, 5) is 0. The van der Waals surface area contributed by atoms with E-state index in [2.05, 4.69) is 11.4 Å². The molecule has 2 aromatic rings. The van der Waals surface area contributed by atoms with Crippen LogP contribution in [0.4, 0.5) is 10.1 Å². The molecule has 0 atom stereocenters. The van der Waals surface area contributed by atoms with Crippen LogP contribution in [0.15, 0.2) is 42.5 Å². The van der Waals surface area contributed by atoms with Crippen molar-refractivity contribution in [2.75, 3.05) is 5.32 Å². The van der Waals surface area contributed by atoms with Gasteiger partial charge in [-0.05, 0) is 48.6 Å². The molecule has 2 nitrogen and oxygen atoms in total. The molecule has 0 aromatic heterocycles. The minimum Gasteiger partial charge on any atom is -0.381 e. The maximum Gasteiger partial charge on any atom is 0.124 e. The van der Waals surface area contributed by atoms with Gasteiger partial charge in [0.2, 0.25) is 0 Å². The summed E-state index contributed by atoms with van der Waals surface area (Å²) in [5.74, 6) is 0.0573. The molecule has 1 saturated carbocycles. The highest BCUT2D eigenvalue weighted by Crippen LogP contribution is 2.41. The average Bonchev–Trinajstić information content (AvgIpc) is 2.44. The van der Waals surface area contributed by atoms with Crippen molar-refractivity contribution in [2.45, 2.75) is 24.8 Å². The standard InChI is InChI=1S/C17H14ClFN2/c18-16-4-2-1-3-15(16)11-8-14(9-11)21-17-6-5-13(19)7-12(17)10-20/h1-7,11,14,21H,8-9H2. The van der Waals surface area contributed by atoms with Crippen LogP contribution in [0.1, 0.15) is 29.9 Å². The molecule has 1 N–H and O–H groups in total. The van der Waals surface area contributed by atoms with E-state index >= 15 is 0 Å². The monoisotopic (exact) mass is 300 g/mol. The number of hydrogen-bond acceptors (Lipinski definition) is 2. The van der Waals surface area contributed by atoms with Gasteiger partial charge in [0.1, 0.15) is 11.9 Å². The van der Waals surface area contributed by atoms with Crippen LogP contribution in [0.5, 0.6) is 0 Å². The Hall–Kier alpha value is -2.05. The molecule has 1 aliphatic rings. The molecule has 0 radical (unpaired) electrons. The summed E-state index contributed by atoms with van der Waals surface area (Å²) in [6, 6.07) is 14.5. The van der Waals surface area contributed by atoms with Crippen molar-refractivity contribution in [3.05, 3.63) is 64.4 Å². The molecule has 0 heterocycles. The summed E-state index contributed by atoms with van der Waals surface area (Å²) in [5.41, 5.74) is 2.22. The summed E-state index contributed by atoms with van der Waals surface area (Å²) >= 11 is 6.20. The highest BCUT2D eigenvalue weighted by atomic mass is 35.5. The van der Waals surface area contributed by atoms with E-state index in [1.165, 1.54) is 17.7 Å². The van der Waals surface area contributed by atoms with Crippen molar-refractivity contribution in [3.8, 4) is 6.07 Å². The Morgan fingerprint density at radius 1 is 1.19 bits per heavy atom. The molecule has 1 fully saturated rings. The van der Waals surface area contributed by atoms with Crippen LogP contribution in [-0.4, -0.2) is 6.04 Å². The number of nitriles is 1. The van der Waals surface area contributed by atoms with Crippen LogP contribution >= 0.6 is 11.6 Å². The third-order valence-corrected chi connectivity index (χ3v) is 4.29. The minimum atomic E-state index is -0.389. The lowest BCUT2D eigenvalue weighted by Gasteiger charge is -2.37. The molecule has 0 unspecified atom stereocenters. The van der Waals surface area contributed by atoms with Crippen molar-refractivity contribution in [1.29, 1.82) is 5.26 Å². The fourth-order valence-corrected chi connectivity index (χ4v) is 3.04. The van der Waals surface area contributed by atoms with Crippen LogP contribution < -0.4 is 5.32 Å². The molecule has 4 heteroatoms. The van der Waals surface area contributed by atoms with Crippen molar-refractivity contribution >= 4 is 17.3 Å². The first-order chi connectivity index (χ1) is 10.2. The number of benzene rings is 2. The molecule has 3 rings (SSSR count). The summed E-state index contributed by atoms with van der Waals surface area (Å²) in [5, 5.41) is 13.2. The van der Waals surface area contributed by atoms with Gasteiger partial charge in [-0.3, -0.25) is 0 Å². The zero-order valence-electron chi connectivity index (χ0n) is 11.3. The van der Waals surface area contributed by atoms with Crippen molar-refractivity contribution < 1.29 is 4.39 Å². The molecule has 106 valence electrons. The van der Waals surface area contributed by atoms with Gasteiger partial charge in [-0.15, -0.1) is 0 Å². The van der Waals surface area contributed by atoms with E-state index in [1.54, 1.807) is 6.07 Å². The van der Waals surface area contributed by atoms with E-state index in [-0.39, 0.29) is 5.82 Å². The van der Waals surface area contributed by atoms with Crippen LogP contribution in [0.3, 0.4) is 0 Å². The topological polar surface area (TPSA) is 35.8 Å². The number of nitrogens with zero attached hydrogens (tertiary/aromatic N) is 1. The Morgan fingerprint density at radius 2 is 1.95 bits per heavy atom. The molecule has 0 amide bonds. The second kappa shape index (κ2) is 5.75. The third kappa shape index (κ3) is 2.86. The molecule has 0 spiro atoms. The van der Waals surface area contributed by atoms with Gasteiger partial charge >= 0.3 is 0 Å². The maximum absolute atomic E-state index is 13.1. The van der Waals surface area contributed by atoms with Crippen LogP contribution in [0.25, 0.3) is 0 Å². The van der Waals surface area contributed by atoms with Gasteiger partial charge in [-0.25, -0.2) is 4.39 Å². The molecule has 0 aliphatic heterocycles. The van der Waals surface area contributed by atoms with Gasteiger partial charge in [-0.2, -0.15) is 5.26 Å². The second-order valence-electron chi connectivity index (χ2n) is 5.33. The number of halogens is 2. The minimum absolute atomic E-state index is 0.295. The predicted molar refractivity (Wildman–Crippen MR) is 82.0 cm³/mol. The SMILES string of the molecule is N#Cc1cc(F)ccc1NC1CC(c2ccccc2Cl)C1. The van der Waals surface area contributed by atoms with Crippen molar-refractivity contribution in [1.82, 2.24) is 0 Å². The van der Waals surface area contributed by atoms with E-state index in [9.17, 15) is 4.39 Å². The summed E-state index contributed by atoms with van der Waals surface area (Å²) in [7, 11) is 0. The van der Waals surface area contributed by atoms with E-state index in [0.717, 1.165) is 17.9 Å². The van der Waals surface area contributed by atoms with Gasteiger partial charge < -0.3 is 5.32 Å². The Balaban J connectivity index is 1.66. The zero-order valence-corrected chi connectivity index (χ0v) is 12.1. The largest absolute Gasteiger partial charge is 0.381 e. The van der Waals surface area contributed by atoms with E-state index in [4.69, 9.17) is 16.9 Å². The molecule has 0 saturated heterocycles. The number of nitrogens with one attached hydrogen (secondary N) is 1. The zero-order chi connectivity index (χ0) is 14.8. The Bertz CT molecular complexity index is 702. The average molecular weight is 301 g/mol. The lowest BCUT2D eigenvalue weighted by atomic mass is 9.75. The van der Waals surface area contributed by atoms with Gasteiger partial charge in [0, 0.05) is 11.1 Å². The van der Waals surface area contributed by atoms with Gasteiger partial charge in [0.25, 0.3) is 0 Å². The molecule has 1 aliphatic carbocycles. The molecule has 2 aromatic carbocycles. The third-order valence-electron chi connectivity index (χ3n) is 3.94. The lowest BCUT2D eigenvalue weighted by molar-refractivity contribution is 0.374. The Morgan fingerprint density at radius 3 is 2.67 bits per heavy atom. The van der Waals surface area contributed by atoms with E-state index in [1.807, 2.05) is 24.3 Å². The van der Waals surface area contributed by atoms with Crippen molar-refractivity contribution in [2.24, 2.45) is 0 Å². The highest BCUT2D eigenvalue weighted by molar-refractivity contribution is 6.31. The highest BCUT2D eigenvalue weighted by Gasteiger charge is 2.31. The Labute approximate surface area is 128 Å². The van der Waals surface area contributed by atoms with Crippen LogP contribution in [0.2, 0.25) is 5.02 Å². The molecule has 21 heavy (non-hydrogen) atoms. The summed E-state index contributed by atoms with van der Waals surface area (Å²) in [6.07, 6.45) is 1.93. The van der Waals surface area contributed by atoms with Crippen LogP contribution in [0, 0.1) is 17.1 Å². The van der Waals surface area contributed by atoms with E-state index < -0.39 is 0 Å². The fourth-order valence-electron chi connectivity index (χ4n) is 2.75.